The van der Waals surface area contributed by atoms with Crippen LogP contribution in [0.25, 0.3) is 0 Å². The fourth-order valence-electron chi connectivity index (χ4n) is 4.86. The van der Waals surface area contributed by atoms with Crippen molar-refractivity contribution in [2.75, 3.05) is 19.7 Å². The molecule has 1 saturated carbocycles. The van der Waals surface area contributed by atoms with Gasteiger partial charge in [-0.2, -0.15) is 4.98 Å². The minimum absolute atomic E-state index is 0.146. The number of hydrogen-bond acceptors (Lipinski definition) is 6. The van der Waals surface area contributed by atoms with Crippen molar-refractivity contribution in [3.05, 3.63) is 41.6 Å². The Bertz CT molecular complexity index is 888. The summed E-state index contributed by atoms with van der Waals surface area (Å²) in [6.07, 6.45) is 9.03. The molecule has 0 bridgehead atoms. The van der Waals surface area contributed by atoms with E-state index in [1.807, 2.05) is 0 Å². The molecule has 3 aliphatic rings. The van der Waals surface area contributed by atoms with E-state index in [4.69, 9.17) is 9.26 Å². The molecule has 4 heterocycles. The van der Waals surface area contributed by atoms with E-state index in [0.717, 1.165) is 69.5 Å². The highest BCUT2D eigenvalue weighted by Crippen LogP contribution is 2.39. The fraction of sp³-hybridized carbons (Fsp3) is 0.636. The average Bonchev–Trinajstić information content (AvgIpc) is 3.15. The highest BCUT2D eigenvalue weighted by molar-refractivity contribution is 5.92. The lowest BCUT2D eigenvalue weighted by Gasteiger charge is -2.46. The largest absolute Gasteiger partial charge is 0.375 e. The van der Waals surface area contributed by atoms with Gasteiger partial charge in [-0.25, -0.2) is 9.37 Å². The van der Waals surface area contributed by atoms with Crippen molar-refractivity contribution in [2.24, 2.45) is 5.92 Å². The number of carbonyl (C=O) groups is 1. The summed E-state index contributed by atoms with van der Waals surface area (Å²) in [5.74, 6) is 1.96. The van der Waals surface area contributed by atoms with Crippen LogP contribution >= 0.6 is 0 Å². The topological polar surface area (TPSA) is 81.4 Å². The van der Waals surface area contributed by atoms with Gasteiger partial charge in [0, 0.05) is 32.0 Å². The highest BCUT2D eigenvalue weighted by atomic mass is 19.1. The molecule has 1 amide bonds. The first-order chi connectivity index (χ1) is 14.6. The Morgan fingerprint density at radius 3 is 2.77 bits per heavy atom. The normalized spacial score (nSPS) is 24.0. The Labute approximate surface area is 175 Å². The average molecular weight is 414 g/mol. The van der Waals surface area contributed by atoms with Gasteiger partial charge in [-0.05, 0) is 56.6 Å². The number of carbonyl (C=O) groups excluding carboxylic acids is 1. The van der Waals surface area contributed by atoms with Crippen molar-refractivity contribution >= 4 is 5.91 Å². The van der Waals surface area contributed by atoms with Gasteiger partial charge in [-0.3, -0.25) is 4.79 Å². The first kappa shape index (κ1) is 19.6. The minimum atomic E-state index is -0.438. The van der Waals surface area contributed by atoms with E-state index in [1.54, 1.807) is 4.90 Å². The zero-order valence-electron chi connectivity index (χ0n) is 17.1. The van der Waals surface area contributed by atoms with E-state index >= 15 is 0 Å². The smallest absolute Gasteiger partial charge is 0.272 e. The second-order valence-corrected chi connectivity index (χ2v) is 8.92. The third-order valence-corrected chi connectivity index (χ3v) is 6.91. The van der Waals surface area contributed by atoms with E-state index in [1.165, 1.54) is 18.6 Å². The maximum atomic E-state index is 13.1. The maximum Gasteiger partial charge on any atom is 0.272 e. The molecular formula is C22H27FN4O3. The van der Waals surface area contributed by atoms with Crippen molar-refractivity contribution in [3.63, 3.8) is 0 Å². The van der Waals surface area contributed by atoms with Gasteiger partial charge < -0.3 is 14.2 Å². The van der Waals surface area contributed by atoms with Crippen LogP contribution in [0.3, 0.4) is 0 Å². The van der Waals surface area contributed by atoms with Crippen LogP contribution in [-0.2, 0) is 11.2 Å². The van der Waals surface area contributed by atoms with Crippen LogP contribution in [0.2, 0.25) is 0 Å². The van der Waals surface area contributed by atoms with E-state index in [9.17, 15) is 9.18 Å². The number of hydrogen-bond donors (Lipinski definition) is 0. The molecule has 3 fully saturated rings. The molecule has 160 valence electrons. The van der Waals surface area contributed by atoms with E-state index in [-0.39, 0.29) is 17.2 Å². The lowest BCUT2D eigenvalue weighted by Crippen LogP contribution is -2.51. The van der Waals surface area contributed by atoms with Gasteiger partial charge in [-0.15, -0.1) is 0 Å². The molecule has 2 aromatic heterocycles. The Morgan fingerprint density at radius 2 is 2.07 bits per heavy atom. The molecule has 1 atom stereocenters. The summed E-state index contributed by atoms with van der Waals surface area (Å²) in [6, 6.07) is 2.72. The molecule has 30 heavy (non-hydrogen) atoms. The number of amides is 1. The van der Waals surface area contributed by atoms with Crippen LogP contribution in [0.1, 0.15) is 73.1 Å². The first-order valence-electron chi connectivity index (χ1n) is 11.0. The molecule has 1 spiro atoms. The molecule has 8 heteroatoms. The number of rotatable bonds is 4. The summed E-state index contributed by atoms with van der Waals surface area (Å²) >= 11 is 0. The Kier molecular flexibility index (Phi) is 5.26. The number of halogens is 1. The number of nitrogens with zero attached hydrogens (tertiary/aromatic N) is 4. The monoisotopic (exact) mass is 414 g/mol. The Balaban J connectivity index is 1.17. The van der Waals surface area contributed by atoms with Gasteiger partial charge in [0.15, 0.2) is 5.82 Å². The lowest BCUT2D eigenvalue weighted by atomic mass is 9.78. The van der Waals surface area contributed by atoms with Crippen LogP contribution in [0, 0.1) is 11.7 Å². The molecular weight excluding hydrogens is 387 g/mol. The van der Waals surface area contributed by atoms with Gasteiger partial charge in [0.1, 0.15) is 11.5 Å². The van der Waals surface area contributed by atoms with Gasteiger partial charge in [0.2, 0.25) is 5.89 Å². The van der Waals surface area contributed by atoms with Gasteiger partial charge in [-0.1, -0.05) is 11.6 Å². The quantitative estimate of drug-likeness (QED) is 0.762. The molecule has 2 aliphatic heterocycles. The van der Waals surface area contributed by atoms with Gasteiger partial charge in [0.25, 0.3) is 5.91 Å². The third kappa shape index (κ3) is 3.97. The fourth-order valence-corrected chi connectivity index (χ4v) is 4.86. The second kappa shape index (κ2) is 8.06. The first-order valence-corrected chi connectivity index (χ1v) is 11.0. The second-order valence-electron chi connectivity index (χ2n) is 8.92. The maximum absolute atomic E-state index is 13.1. The van der Waals surface area contributed by atoms with E-state index in [0.29, 0.717) is 24.9 Å². The standard InChI is InChI=1S/C22H27FN4O3/c23-17-4-5-18(24-14-17)21(28)27-9-7-22(8-10-27)13-15(6-11-29-22)12-19-25-20(30-26-19)16-2-1-3-16/h4-5,14-16H,1-3,6-13H2. The van der Waals surface area contributed by atoms with Crippen molar-refractivity contribution < 1.29 is 18.4 Å². The Hall–Kier alpha value is -2.35. The number of aromatic nitrogens is 3. The summed E-state index contributed by atoms with van der Waals surface area (Å²) < 4.78 is 24.8. The van der Waals surface area contributed by atoms with Crippen LogP contribution < -0.4 is 0 Å². The van der Waals surface area contributed by atoms with Crippen LogP contribution in [0.15, 0.2) is 22.9 Å². The molecule has 0 aromatic carbocycles. The van der Waals surface area contributed by atoms with Crippen LogP contribution in [-0.4, -0.2) is 51.2 Å². The predicted molar refractivity (Wildman–Crippen MR) is 105 cm³/mol. The van der Waals surface area contributed by atoms with E-state index < -0.39 is 5.82 Å². The van der Waals surface area contributed by atoms with Gasteiger partial charge >= 0.3 is 0 Å². The van der Waals surface area contributed by atoms with Crippen molar-refractivity contribution in [3.8, 4) is 0 Å². The molecule has 2 saturated heterocycles. The van der Waals surface area contributed by atoms with E-state index in [2.05, 4.69) is 15.1 Å². The summed E-state index contributed by atoms with van der Waals surface area (Å²) in [7, 11) is 0. The highest BCUT2D eigenvalue weighted by Gasteiger charge is 2.41. The summed E-state index contributed by atoms with van der Waals surface area (Å²) in [6.45, 7) is 1.97. The van der Waals surface area contributed by atoms with Crippen molar-refractivity contribution in [1.82, 2.24) is 20.0 Å². The summed E-state index contributed by atoms with van der Waals surface area (Å²) in [5, 5.41) is 4.21. The van der Waals surface area contributed by atoms with Gasteiger partial charge in [0.05, 0.1) is 11.8 Å². The zero-order chi connectivity index (χ0) is 20.6. The molecule has 1 aliphatic carbocycles. The number of ether oxygens (including phenoxy) is 1. The predicted octanol–water partition coefficient (Wildman–Crippen LogP) is 3.52. The van der Waals surface area contributed by atoms with Crippen LogP contribution in [0.5, 0.6) is 0 Å². The lowest BCUT2D eigenvalue weighted by molar-refractivity contribution is -0.123. The molecule has 2 aromatic rings. The molecule has 7 nitrogen and oxygen atoms in total. The number of piperidine rings is 1. The third-order valence-electron chi connectivity index (χ3n) is 6.91. The minimum Gasteiger partial charge on any atom is -0.375 e. The Morgan fingerprint density at radius 1 is 1.23 bits per heavy atom. The molecule has 1 unspecified atom stereocenters. The number of likely N-dealkylation sites (tertiary alicyclic amines) is 1. The molecule has 5 rings (SSSR count). The molecule has 0 radical (unpaired) electrons. The number of pyridine rings is 1. The van der Waals surface area contributed by atoms with Crippen molar-refractivity contribution in [1.29, 1.82) is 0 Å². The zero-order valence-corrected chi connectivity index (χ0v) is 17.1. The van der Waals surface area contributed by atoms with Crippen molar-refractivity contribution in [2.45, 2.75) is 62.9 Å². The summed E-state index contributed by atoms with van der Waals surface area (Å²) in [4.78, 5) is 23.0. The van der Waals surface area contributed by atoms with Crippen LogP contribution in [0.4, 0.5) is 4.39 Å². The molecule has 0 N–H and O–H groups in total. The summed E-state index contributed by atoms with van der Waals surface area (Å²) in [5.41, 5.74) is 0.102. The SMILES string of the molecule is O=C(c1ccc(F)cn1)N1CCC2(CC1)CC(Cc1noc(C3CCC3)n1)CCO2.